The van der Waals surface area contributed by atoms with Gasteiger partial charge >= 0.3 is 0 Å². The second kappa shape index (κ2) is 6.98. The Morgan fingerprint density at radius 2 is 1.89 bits per heavy atom. The van der Waals surface area contributed by atoms with E-state index in [4.69, 9.17) is 5.26 Å². The average molecular weight is 324 g/mol. The van der Waals surface area contributed by atoms with Crippen LogP contribution in [0.2, 0.25) is 0 Å². The number of nitrogens with zero attached hydrogens (tertiary/aromatic N) is 1. The van der Waals surface area contributed by atoms with E-state index < -0.39 is 9.74 Å². The summed E-state index contributed by atoms with van der Waals surface area (Å²) in [6.07, 6.45) is 0.950. The molecule has 2 atom stereocenters. The van der Waals surface area contributed by atoms with Crippen LogP contribution in [0, 0.1) is 5.41 Å². The van der Waals surface area contributed by atoms with E-state index in [1.807, 2.05) is 39.8 Å². The number of carbonyl (C=O) groups is 1. The van der Waals surface area contributed by atoms with Crippen LogP contribution in [0.5, 0.6) is 0 Å². The molecule has 18 heavy (non-hydrogen) atoms. The highest BCUT2D eigenvalue weighted by atomic mass is 79.9. The van der Waals surface area contributed by atoms with Crippen molar-refractivity contribution in [3.63, 3.8) is 0 Å². The standard InChI is InChI=1S/C13H26BrNO3/c1-10(16)12(2,3)9-13(4,14)11(18-17)7-8-15(5)6/h11,17H,7-9H2,1-6H3. The second-order valence-corrected chi connectivity index (χ2v) is 7.89. The molecule has 108 valence electrons. The minimum absolute atomic E-state index is 0.137. The molecule has 0 aromatic carbocycles. The van der Waals surface area contributed by atoms with Gasteiger partial charge in [-0.25, -0.2) is 4.89 Å². The van der Waals surface area contributed by atoms with Crippen LogP contribution in [0.3, 0.4) is 0 Å². The first-order chi connectivity index (χ1) is 8.03. The van der Waals surface area contributed by atoms with E-state index in [-0.39, 0.29) is 11.9 Å². The summed E-state index contributed by atoms with van der Waals surface area (Å²) in [5, 5.41) is 9.08. The Kier molecular flexibility index (Phi) is 7.00. The maximum atomic E-state index is 11.6. The molecule has 0 fully saturated rings. The van der Waals surface area contributed by atoms with Gasteiger partial charge in [0.05, 0.1) is 4.32 Å². The minimum Gasteiger partial charge on any atom is -0.309 e. The van der Waals surface area contributed by atoms with Crippen molar-refractivity contribution in [2.24, 2.45) is 5.41 Å². The lowest BCUT2D eigenvalue weighted by Crippen LogP contribution is -2.42. The van der Waals surface area contributed by atoms with Gasteiger partial charge in [0.1, 0.15) is 11.9 Å². The Hall–Kier alpha value is 0.0300. The van der Waals surface area contributed by atoms with Gasteiger partial charge < -0.3 is 4.90 Å². The summed E-state index contributed by atoms with van der Waals surface area (Å²) in [4.78, 5) is 18.2. The monoisotopic (exact) mass is 323 g/mol. The fraction of sp³-hybridized carbons (Fsp3) is 0.923. The first kappa shape index (κ1) is 18.0. The van der Waals surface area contributed by atoms with Gasteiger partial charge in [-0.1, -0.05) is 29.8 Å². The molecule has 0 aliphatic rings. The zero-order valence-electron chi connectivity index (χ0n) is 12.3. The molecule has 0 aliphatic heterocycles. The van der Waals surface area contributed by atoms with E-state index in [9.17, 15) is 4.79 Å². The maximum Gasteiger partial charge on any atom is 0.135 e. The lowest BCUT2D eigenvalue weighted by Gasteiger charge is -2.36. The highest BCUT2D eigenvalue weighted by Crippen LogP contribution is 2.38. The van der Waals surface area contributed by atoms with Gasteiger partial charge in [0.15, 0.2) is 0 Å². The Morgan fingerprint density at radius 1 is 1.39 bits per heavy atom. The molecule has 1 N–H and O–H groups in total. The number of carbonyl (C=O) groups excluding carboxylic acids is 1. The fourth-order valence-electron chi connectivity index (χ4n) is 1.94. The Morgan fingerprint density at radius 3 is 2.22 bits per heavy atom. The second-order valence-electron chi connectivity index (χ2n) is 6.08. The predicted molar refractivity (Wildman–Crippen MR) is 77.1 cm³/mol. The van der Waals surface area contributed by atoms with E-state index in [2.05, 4.69) is 20.8 Å². The third kappa shape index (κ3) is 5.78. The molecular weight excluding hydrogens is 298 g/mol. The molecule has 4 nitrogen and oxygen atoms in total. The zero-order chi connectivity index (χ0) is 14.6. The number of ketones is 1. The molecule has 0 aliphatic carbocycles. The van der Waals surface area contributed by atoms with Crippen LogP contribution >= 0.6 is 15.9 Å². The highest BCUT2D eigenvalue weighted by molar-refractivity contribution is 9.10. The van der Waals surface area contributed by atoms with Crippen molar-refractivity contribution in [2.75, 3.05) is 20.6 Å². The molecule has 0 radical (unpaired) electrons. The largest absolute Gasteiger partial charge is 0.309 e. The van der Waals surface area contributed by atoms with Gasteiger partial charge in [-0.05, 0) is 40.8 Å². The van der Waals surface area contributed by atoms with Crippen molar-refractivity contribution in [1.82, 2.24) is 4.90 Å². The molecule has 0 saturated heterocycles. The van der Waals surface area contributed by atoms with E-state index in [1.165, 1.54) is 0 Å². The summed E-state index contributed by atoms with van der Waals surface area (Å²) in [7, 11) is 3.94. The third-order valence-electron chi connectivity index (χ3n) is 3.38. The van der Waals surface area contributed by atoms with Crippen LogP contribution in [0.15, 0.2) is 0 Å². The summed E-state index contributed by atoms with van der Waals surface area (Å²) >= 11 is 3.61. The molecule has 0 bridgehead atoms. The van der Waals surface area contributed by atoms with Crippen LogP contribution in [-0.4, -0.2) is 47.0 Å². The van der Waals surface area contributed by atoms with Crippen LogP contribution < -0.4 is 0 Å². The number of Topliss-reactive ketones (excluding diaryl/α,β-unsaturated/α-hetero) is 1. The van der Waals surface area contributed by atoms with Crippen molar-refractivity contribution in [2.45, 2.75) is 51.0 Å². The van der Waals surface area contributed by atoms with Gasteiger partial charge in [-0.2, -0.15) is 0 Å². The lowest BCUT2D eigenvalue weighted by molar-refractivity contribution is -0.287. The van der Waals surface area contributed by atoms with Crippen molar-refractivity contribution in [1.29, 1.82) is 0 Å². The van der Waals surface area contributed by atoms with Gasteiger partial charge in [0, 0.05) is 12.0 Å². The summed E-state index contributed by atoms with van der Waals surface area (Å²) in [6, 6.07) is 0. The average Bonchev–Trinajstić information content (AvgIpc) is 2.15. The molecular formula is C13H26BrNO3. The lowest BCUT2D eigenvalue weighted by atomic mass is 9.78. The molecule has 0 amide bonds. The molecule has 0 spiro atoms. The van der Waals surface area contributed by atoms with Gasteiger partial charge in [0.25, 0.3) is 0 Å². The molecule has 0 saturated carbocycles. The van der Waals surface area contributed by atoms with Gasteiger partial charge in [-0.3, -0.25) is 10.1 Å². The van der Waals surface area contributed by atoms with E-state index in [0.717, 1.165) is 6.54 Å². The van der Waals surface area contributed by atoms with Crippen molar-refractivity contribution in [3.05, 3.63) is 0 Å². The minimum atomic E-state index is -0.438. The predicted octanol–water partition coefficient (Wildman–Crippen LogP) is 2.96. The number of hydrogen-bond donors (Lipinski definition) is 1. The van der Waals surface area contributed by atoms with Crippen LogP contribution in [0.1, 0.15) is 40.5 Å². The van der Waals surface area contributed by atoms with Crippen LogP contribution in [-0.2, 0) is 9.68 Å². The summed E-state index contributed by atoms with van der Waals surface area (Å²) < 4.78 is -0.438. The SMILES string of the molecule is CC(=O)C(C)(C)CC(C)(Br)C(CCN(C)C)OO. The topological polar surface area (TPSA) is 49.8 Å². The van der Waals surface area contributed by atoms with E-state index >= 15 is 0 Å². The van der Waals surface area contributed by atoms with Gasteiger partial charge in [-0.15, -0.1) is 0 Å². The normalized spacial score (nSPS) is 17.6. The summed E-state index contributed by atoms with van der Waals surface area (Å²) in [5.41, 5.74) is -0.437. The van der Waals surface area contributed by atoms with Gasteiger partial charge in [0.2, 0.25) is 0 Å². The third-order valence-corrected chi connectivity index (χ3v) is 4.17. The molecule has 0 heterocycles. The smallest absolute Gasteiger partial charge is 0.135 e. The molecule has 0 aromatic heterocycles. The maximum absolute atomic E-state index is 11.6. The first-order valence-electron chi connectivity index (χ1n) is 6.18. The fourth-order valence-corrected chi connectivity index (χ4v) is 2.95. The summed E-state index contributed by atoms with van der Waals surface area (Å²) in [6.45, 7) is 8.18. The molecule has 5 heteroatoms. The number of hydrogen-bond acceptors (Lipinski definition) is 4. The zero-order valence-corrected chi connectivity index (χ0v) is 13.9. The Balaban J connectivity index is 4.70. The highest BCUT2D eigenvalue weighted by Gasteiger charge is 2.40. The summed E-state index contributed by atoms with van der Waals surface area (Å²) in [5.74, 6) is 0.137. The number of alkyl halides is 1. The van der Waals surface area contributed by atoms with Crippen LogP contribution in [0.25, 0.3) is 0 Å². The van der Waals surface area contributed by atoms with Crippen LogP contribution in [0.4, 0.5) is 0 Å². The van der Waals surface area contributed by atoms with Crippen molar-refractivity contribution >= 4 is 21.7 Å². The number of rotatable bonds is 8. The van der Waals surface area contributed by atoms with E-state index in [0.29, 0.717) is 12.8 Å². The van der Waals surface area contributed by atoms with Crippen molar-refractivity contribution in [3.8, 4) is 0 Å². The quantitative estimate of drug-likeness (QED) is 0.424. The Bertz CT molecular complexity index is 277. The van der Waals surface area contributed by atoms with E-state index in [1.54, 1.807) is 6.92 Å². The molecule has 2 unspecified atom stereocenters. The molecule has 0 rings (SSSR count). The van der Waals surface area contributed by atoms with Crippen molar-refractivity contribution < 1.29 is 14.9 Å². The number of halogens is 1. The molecule has 0 aromatic rings. The Labute approximate surface area is 119 Å². The first-order valence-corrected chi connectivity index (χ1v) is 6.97.